The summed E-state index contributed by atoms with van der Waals surface area (Å²) in [5.74, 6) is 1.50. The quantitative estimate of drug-likeness (QED) is 0.785. The molecule has 2 aromatic carbocycles. The highest BCUT2D eigenvalue weighted by Crippen LogP contribution is 2.42. The highest BCUT2D eigenvalue weighted by molar-refractivity contribution is 6.16. The van der Waals surface area contributed by atoms with Gasteiger partial charge in [0.1, 0.15) is 17.2 Å². The minimum Gasteiger partial charge on any atom is -0.507 e. The molecule has 2 heterocycles. The molecule has 28 heavy (non-hydrogen) atoms. The second-order valence-electron chi connectivity index (χ2n) is 7.29. The predicted octanol–water partition coefficient (Wildman–Crippen LogP) is 4.31. The first-order chi connectivity index (χ1) is 13.6. The number of aryl methyl sites for hydroxylation is 1. The number of para-hydroxylation sites is 1. The number of nitrogens with zero attached hydrogens (tertiary/aromatic N) is 1. The number of rotatable bonds is 5. The van der Waals surface area contributed by atoms with Gasteiger partial charge in [0.15, 0.2) is 5.76 Å². The van der Waals surface area contributed by atoms with Crippen LogP contribution in [0.1, 0.15) is 46.8 Å². The lowest BCUT2D eigenvalue weighted by atomic mass is 9.99. The van der Waals surface area contributed by atoms with E-state index in [0.29, 0.717) is 35.8 Å². The van der Waals surface area contributed by atoms with Gasteiger partial charge < -0.3 is 14.6 Å². The molecule has 0 aliphatic carbocycles. The van der Waals surface area contributed by atoms with Crippen molar-refractivity contribution < 1.29 is 19.4 Å². The van der Waals surface area contributed by atoms with E-state index in [1.54, 1.807) is 12.1 Å². The molecule has 1 N–H and O–H groups in total. The van der Waals surface area contributed by atoms with Crippen LogP contribution in [-0.4, -0.2) is 35.5 Å². The summed E-state index contributed by atoms with van der Waals surface area (Å²) in [5.41, 5.74) is 2.76. The number of benzene rings is 2. The van der Waals surface area contributed by atoms with Gasteiger partial charge in [-0.1, -0.05) is 18.2 Å². The normalized spacial score (nSPS) is 17.8. The zero-order chi connectivity index (χ0) is 19.7. The van der Waals surface area contributed by atoms with Crippen molar-refractivity contribution in [1.82, 2.24) is 4.90 Å². The maximum atomic E-state index is 13.1. The molecule has 2 aromatic rings. The van der Waals surface area contributed by atoms with E-state index < -0.39 is 0 Å². The highest BCUT2D eigenvalue weighted by atomic mass is 16.5. The van der Waals surface area contributed by atoms with E-state index in [0.717, 1.165) is 37.1 Å². The van der Waals surface area contributed by atoms with Gasteiger partial charge in [0.25, 0.3) is 0 Å². The van der Waals surface area contributed by atoms with Crippen LogP contribution in [0.3, 0.4) is 0 Å². The molecule has 0 atom stereocenters. The van der Waals surface area contributed by atoms with Crippen LogP contribution in [-0.2, 0) is 6.54 Å². The maximum Gasteiger partial charge on any atom is 0.232 e. The number of phenols is 1. The lowest BCUT2D eigenvalue weighted by Crippen LogP contribution is -2.19. The topological polar surface area (TPSA) is 59.0 Å². The van der Waals surface area contributed by atoms with Crippen LogP contribution < -0.4 is 9.47 Å². The summed E-state index contributed by atoms with van der Waals surface area (Å²) in [6.07, 6.45) is 4.05. The summed E-state index contributed by atoms with van der Waals surface area (Å²) in [4.78, 5) is 15.3. The molecule has 5 nitrogen and oxygen atoms in total. The Labute approximate surface area is 165 Å². The first-order valence-corrected chi connectivity index (χ1v) is 9.82. The number of fused-ring (bicyclic) bond motifs is 1. The Balaban J connectivity index is 1.72. The van der Waals surface area contributed by atoms with Crippen molar-refractivity contribution in [2.75, 3.05) is 19.7 Å². The van der Waals surface area contributed by atoms with Gasteiger partial charge in [-0.3, -0.25) is 9.69 Å². The van der Waals surface area contributed by atoms with Gasteiger partial charge in [0.2, 0.25) is 5.78 Å². The van der Waals surface area contributed by atoms with Crippen molar-refractivity contribution in [1.29, 1.82) is 0 Å². The lowest BCUT2D eigenvalue weighted by Gasteiger charge is -2.18. The molecule has 1 fully saturated rings. The smallest absolute Gasteiger partial charge is 0.232 e. The standard InChI is InChI=1S/C23H25NO4/c1-3-27-19-9-5-4-8-16(19)13-20-22(26)21-15(2)12-18(25)17(23(21)28-20)14-24-10-6-7-11-24/h4-5,8-9,12-13,25H,3,6-7,10-11,14H2,1-2H3/b20-13-. The summed E-state index contributed by atoms with van der Waals surface area (Å²) >= 11 is 0. The minimum absolute atomic E-state index is 0.151. The fourth-order valence-electron chi connectivity index (χ4n) is 3.93. The van der Waals surface area contributed by atoms with Crippen LogP contribution in [0, 0.1) is 6.92 Å². The summed E-state index contributed by atoms with van der Waals surface area (Å²) in [6, 6.07) is 9.24. The van der Waals surface area contributed by atoms with E-state index in [9.17, 15) is 9.90 Å². The number of Topliss-reactive ketones (excluding diaryl/α,β-unsaturated/α-hetero) is 1. The number of hydrogen-bond donors (Lipinski definition) is 1. The number of ketones is 1. The van der Waals surface area contributed by atoms with E-state index in [2.05, 4.69) is 4.90 Å². The Bertz CT molecular complexity index is 942. The van der Waals surface area contributed by atoms with Gasteiger partial charge >= 0.3 is 0 Å². The van der Waals surface area contributed by atoms with Crippen molar-refractivity contribution >= 4 is 11.9 Å². The second-order valence-corrected chi connectivity index (χ2v) is 7.29. The van der Waals surface area contributed by atoms with Crippen LogP contribution in [0.5, 0.6) is 17.2 Å². The highest BCUT2D eigenvalue weighted by Gasteiger charge is 2.34. The molecular weight excluding hydrogens is 354 g/mol. The minimum atomic E-state index is -0.151. The van der Waals surface area contributed by atoms with Gasteiger partial charge in [-0.25, -0.2) is 0 Å². The number of ether oxygens (including phenoxy) is 2. The van der Waals surface area contributed by atoms with Gasteiger partial charge in [0.05, 0.1) is 17.7 Å². The number of carbonyl (C=O) groups excluding carboxylic acids is 1. The molecule has 0 saturated carbocycles. The molecule has 0 aromatic heterocycles. The molecule has 0 spiro atoms. The van der Waals surface area contributed by atoms with Crippen LogP contribution in [0.15, 0.2) is 36.1 Å². The lowest BCUT2D eigenvalue weighted by molar-refractivity contribution is 0.101. The SMILES string of the molecule is CCOc1ccccc1/C=C1\Oc2c(CN3CCCC3)c(O)cc(C)c2C1=O. The molecule has 0 bridgehead atoms. The third-order valence-electron chi connectivity index (χ3n) is 5.31. The third kappa shape index (κ3) is 3.38. The van der Waals surface area contributed by atoms with Crippen LogP contribution in [0.25, 0.3) is 6.08 Å². The van der Waals surface area contributed by atoms with Crippen LogP contribution >= 0.6 is 0 Å². The van der Waals surface area contributed by atoms with Gasteiger partial charge in [-0.15, -0.1) is 0 Å². The van der Waals surface area contributed by atoms with E-state index in [4.69, 9.17) is 9.47 Å². The molecule has 2 aliphatic rings. The van der Waals surface area contributed by atoms with E-state index in [1.807, 2.05) is 38.1 Å². The number of carbonyl (C=O) groups is 1. The fraction of sp³-hybridized carbons (Fsp3) is 0.348. The van der Waals surface area contributed by atoms with Gasteiger partial charge in [-0.05, 0) is 63.6 Å². The van der Waals surface area contributed by atoms with Crippen LogP contribution in [0.2, 0.25) is 0 Å². The first kappa shape index (κ1) is 18.6. The Morgan fingerprint density at radius 3 is 2.75 bits per heavy atom. The van der Waals surface area contributed by atoms with Crippen molar-refractivity contribution in [2.24, 2.45) is 0 Å². The molecule has 0 unspecified atom stereocenters. The summed E-state index contributed by atoms with van der Waals surface area (Å²) in [7, 11) is 0. The largest absolute Gasteiger partial charge is 0.507 e. The van der Waals surface area contributed by atoms with E-state index in [-0.39, 0.29) is 17.3 Å². The van der Waals surface area contributed by atoms with Crippen molar-refractivity contribution in [3.63, 3.8) is 0 Å². The average molecular weight is 379 g/mol. The number of likely N-dealkylation sites (tertiary alicyclic amines) is 1. The molecule has 1 saturated heterocycles. The first-order valence-electron chi connectivity index (χ1n) is 9.82. The Kier molecular flexibility index (Phi) is 5.09. The van der Waals surface area contributed by atoms with Crippen molar-refractivity contribution in [2.45, 2.75) is 33.2 Å². The molecule has 4 rings (SSSR count). The monoisotopic (exact) mass is 379 g/mol. The fourth-order valence-corrected chi connectivity index (χ4v) is 3.93. The third-order valence-corrected chi connectivity index (χ3v) is 5.31. The number of phenolic OH excluding ortho intramolecular Hbond substituents is 1. The Morgan fingerprint density at radius 2 is 2.00 bits per heavy atom. The molecule has 146 valence electrons. The summed E-state index contributed by atoms with van der Waals surface area (Å²) in [5, 5.41) is 10.5. The van der Waals surface area contributed by atoms with E-state index >= 15 is 0 Å². The molecule has 0 radical (unpaired) electrons. The second kappa shape index (κ2) is 7.68. The molecular formula is C23H25NO4. The summed E-state index contributed by atoms with van der Waals surface area (Å²) in [6.45, 7) is 6.89. The molecule has 0 amide bonds. The predicted molar refractivity (Wildman–Crippen MR) is 108 cm³/mol. The Hall–Kier alpha value is -2.79. The Morgan fingerprint density at radius 1 is 1.25 bits per heavy atom. The van der Waals surface area contributed by atoms with Crippen molar-refractivity contribution in [3.8, 4) is 17.2 Å². The summed E-state index contributed by atoms with van der Waals surface area (Å²) < 4.78 is 11.7. The zero-order valence-electron chi connectivity index (χ0n) is 16.3. The molecule has 2 aliphatic heterocycles. The number of aromatic hydroxyl groups is 1. The van der Waals surface area contributed by atoms with Crippen LogP contribution in [0.4, 0.5) is 0 Å². The maximum absolute atomic E-state index is 13.1. The zero-order valence-corrected chi connectivity index (χ0v) is 16.3. The average Bonchev–Trinajstić information content (AvgIpc) is 3.29. The molecule has 5 heteroatoms. The van der Waals surface area contributed by atoms with Gasteiger partial charge in [0, 0.05) is 12.1 Å². The van der Waals surface area contributed by atoms with E-state index in [1.165, 1.54) is 0 Å². The van der Waals surface area contributed by atoms with Gasteiger partial charge in [-0.2, -0.15) is 0 Å². The number of allylic oxidation sites excluding steroid dienone is 1. The van der Waals surface area contributed by atoms with Crippen molar-refractivity contribution in [3.05, 3.63) is 58.3 Å². The number of hydrogen-bond acceptors (Lipinski definition) is 5.